The Morgan fingerprint density at radius 1 is 1.60 bits per heavy atom. The lowest BCUT2D eigenvalue weighted by Gasteiger charge is -2.01. The van der Waals surface area contributed by atoms with E-state index in [0.717, 1.165) is 0 Å². The summed E-state index contributed by atoms with van der Waals surface area (Å²) in [4.78, 5) is 10.2. The summed E-state index contributed by atoms with van der Waals surface area (Å²) < 4.78 is 36.1. The highest BCUT2D eigenvalue weighted by Crippen LogP contribution is 2.27. The van der Waals surface area contributed by atoms with E-state index in [2.05, 4.69) is 5.10 Å². The molecule has 84 valence electrons. The predicted octanol–water partition coefficient (Wildman–Crippen LogP) is 0.417. The molecular formula is C7H7F3N2O3. The number of aliphatic hydroxyl groups is 1. The summed E-state index contributed by atoms with van der Waals surface area (Å²) in [6.45, 7) is 0. The molecule has 1 aromatic rings. The number of aromatic nitrogens is 2. The minimum absolute atomic E-state index is 0.0859. The number of H-pyrrole nitrogens is 1. The van der Waals surface area contributed by atoms with Gasteiger partial charge in [-0.1, -0.05) is 0 Å². The number of nitrogens with zero attached hydrogens (tertiary/aromatic N) is 1. The highest BCUT2D eigenvalue weighted by atomic mass is 19.4. The second-order valence-corrected chi connectivity index (χ2v) is 2.83. The molecule has 0 aliphatic carbocycles. The number of hydrogen-bond acceptors (Lipinski definition) is 3. The van der Waals surface area contributed by atoms with E-state index in [1.807, 2.05) is 5.10 Å². The zero-order valence-electron chi connectivity index (χ0n) is 7.25. The maximum atomic E-state index is 12.0. The van der Waals surface area contributed by atoms with Crippen LogP contribution in [-0.4, -0.2) is 32.5 Å². The van der Waals surface area contributed by atoms with Crippen LogP contribution in [0, 0.1) is 0 Å². The number of halogens is 3. The van der Waals surface area contributed by atoms with E-state index < -0.39 is 30.4 Å². The Hall–Kier alpha value is -1.57. The third kappa shape index (κ3) is 2.94. The number of rotatable bonds is 3. The molecule has 0 aliphatic heterocycles. The van der Waals surface area contributed by atoms with Crippen LogP contribution in [0.4, 0.5) is 13.2 Å². The Morgan fingerprint density at radius 3 is 2.60 bits per heavy atom. The molecule has 0 saturated heterocycles. The average Bonchev–Trinajstić information content (AvgIpc) is 2.51. The van der Waals surface area contributed by atoms with Crippen molar-refractivity contribution in [3.05, 3.63) is 17.5 Å². The lowest BCUT2D eigenvalue weighted by atomic mass is 10.2. The number of aromatic amines is 1. The molecule has 0 aliphatic rings. The SMILES string of the molecule is O=C(O)C(O)Cc1cc(C(F)(F)F)n[nH]1. The van der Waals surface area contributed by atoms with Crippen LogP contribution in [-0.2, 0) is 17.4 Å². The first-order chi connectivity index (χ1) is 6.80. The summed E-state index contributed by atoms with van der Waals surface area (Å²) >= 11 is 0. The fraction of sp³-hybridized carbons (Fsp3) is 0.429. The predicted molar refractivity (Wildman–Crippen MR) is 40.9 cm³/mol. The average molecular weight is 224 g/mol. The normalized spacial score (nSPS) is 13.9. The second-order valence-electron chi connectivity index (χ2n) is 2.83. The highest BCUT2D eigenvalue weighted by Gasteiger charge is 2.34. The van der Waals surface area contributed by atoms with Gasteiger partial charge in [-0.3, -0.25) is 5.10 Å². The number of carboxylic acids is 1. The minimum Gasteiger partial charge on any atom is -0.479 e. The Bertz CT molecular complexity index is 361. The Kier molecular flexibility index (Phi) is 2.98. The summed E-state index contributed by atoms with van der Waals surface area (Å²) in [7, 11) is 0. The summed E-state index contributed by atoms with van der Waals surface area (Å²) in [6.07, 6.45) is -6.77. The van der Waals surface area contributed by atoms with E-state index >= 15 is 0 Å². The monoisotopic (exact) mass is 224 g/mol. The highest BCUT2D eigenvalue weighted by molar-refractivity contribution is 5.72. The fourth-order valence-electron chi connectivity index (χ4n) is 0.907. The molecule has 0 radical (unpaired) electrons. The van der Waals surface area contributed by atoms with Crippen molar-refractivity contribution in [2.45, 2.75) is 18.7 Å². The van der Waals surface area contributed by atoms with Gasteiger partial charge in [0.1, 0.15) is 0 Å². The van der Waals surface area contributed by atoms with Crippen LogP contribution in [0.5, 0.6) is 0 Å². The van der Waals surface area contributed by atoms with E-state index in [1.165, 1.54) is 0 Å². The van der Waals surface area contributed by atoms with E-state index in [1.54, 1.807) is 0 Å². The van der Waals surface area contributed by atoms with Gasteiger partial charge in [0.15, 0.2) is 11.8 Å². The first kappa shape index (κ1) is 11.5. The quantitative estimate of drug-likeness (QED) is 0.694. The maximum absolute atomic E-state index is 12.0. The fourth-order valence-corrected chi connectivity index (χ4v) is 0.907. The molecule has 1 rings (SSSR count). The number of aliphatic hydroxyl groups excluding tert-OH is 1. The van der Waals surface area contributed by atoms with Gasteiger partial charge in [0.05, 0.1) is 0 Å². The zero-order valence-corrected chi connectivity index (χ0v) is 7.25. The van der Waals surface area contributed by atoms with Crippen LogP contribution < -0.4 is 0 Å². The zero-order chi connectivity index (χ0) is 11.6. The first-order valence-corrected chi connectivity index (χ1v) is 3.83. The second kappa shape index (κ2) is 3.89. The lowest BCUT2D eigenvalue weighted by Crippen LogP contribution is -2.22. The van der Waals surface area contributed by atoms with Crippen LogP contribution in [0.1, 0.15) is 11.4 Å². The van der Waals surface area contributed by atoms with Crippen molar-refractivity contribution < 1.29 is 28.2 Å². The molecule has 0 bridgehead atoms. The summed E-state index contributed by atoms with van der Waals surface area (Å²) in [6, 6.07) is 0.659. The van der Waals surface area contributed by atoms with Crippen LogP contribution >= 0.6 is 0 Å². The van der Waals surface area contributed by atoms with E-state index in [0.29, 0.717) is 6.07 Å². The van der Waals surface area contributed by atoms with Crippen molar-refractivity contribution in [1.29, 1.82) is 0 Å². The largest absolute Gasteiger partial charge is 0.479 e. The number of carbonyl (C=O) groups is 1. The van der Waals surface area contributed by atoms with Gasteiger partial charge in [0.2, 0.25) is 0 Å². The van der Waals surface area contributed by atoms with Gasteiger partial charge in [-0.2, -0.15) is 18.3 Å². The van der Waals surface area contributed by atoms with Gasteiger partial charge < -0.3 is 10.2 Å². The van der Waals surface area contributed by atoms with Crippen LogP contribution in [0.2, 0.25) is 0 Å². The number of hydrogen-bond donors (Lipinski definition) is 3. The van der Waals surface area contributed by atoms with Gasteiger partial charge in [-0.15, -0.1) is 0 Å². The van der Waals surface area contributed by atoms with Crippen molar-refractivity contribution in [3.63, 3.8) is 0 Å². The first-order valence-electron chi connectivity index (χ1n) is 3.83. The van der Waals surface area contributed by atoms with Crippen molar-refractivity contribution in [3.8, 4) is 0 Å². The maximum Gasteiger partial charge on any atom is 0.435 e. The van der Waals surface area contributed by atoms with Gasteiger partial charge in [0, 0.05) is 12.1 Å². The van der Waals surface area contributed by atoms with Crippen LogP contribution in [0.15, 0.2) is 6.07 Å². The minimum atomic E-state index is -4.58. The van der Waals surface area contributed by atoms with Gasteiger partial charge in [0.25, 0.3) is 0 Å². The topological polar surface area (TPSA) is 86.2 Å². The summed E-state index contributed by atoms with van der Waals surface area (Å²) in [5.41, 5.74) is -1.23. The molecule has 0 amide bonds. The number of alkyl halides is 3. The standard InChI is InChI=1S/C7H7F3N2O3/c8-7(9,10)5-2-3(11-12-5)1-4(13)6(14)15/h2,4,13H,1H2,(H,11,12)(H,14,15). The van der Waals surface area contributed by atoms with Gasteiger partial charge in [-0.25, -0.2) is 4.79 Å². The van der Waals surface area contributed by atoms with Crippen molar-refractivity contribution in [1.82, 2.24) is 10.2 Å². The molecule has 0 fully saturated rings. The Labute approximate surface area is 81.5 Å². The lowest BCUT2D eigenvalue weighted by molar-refractivity contribution is -0.146. The third-order valence-corrected chi connectivity index (χ3v) is 1.62. The van der Waals surface area contributed by atoms with Crippen molar-refractivity contribution in [2.24, 2.45) is 0 Å². The van der Waals surface area contributed by atoms with Crippen molar-refractivity contribution >= 4 is 5.97 Å². The molecular weight excluding hydrogens is 217 g/mol. The molecule has 1 heterocycles. The summed E-state index contributed by atoms with van der Waals surface area (Å²) in [5, 5.41) is 22.1. The smallest absolute Gasteiger partial charge is 0.435 e. The third-order valence-electron chi connectivity index (χ3n) is 1.62. The van der Waals surface area contributed by atoms with Gasteiger partial charge in [-0.05, 0) is 6.07 Å². The Balaban J connectivity index is 2.73. The molecule has 0 saturated carbocycles. The summed E-state index contributed by atoms with van der Waals surface area (Å²) in [5.74, 6) is -1.50. The number of aliphatic carboxylic acids is 1. The molecule has 5 nitrogen and oxygen atoms in total. The molecule has 1 atom stereocenters. The van der Waals surface area contributed by atoms with Crippen LogP contribution in [0.25, 0.3) is 0 Å². The molecule has 1 aromatic heterocycles. The van der Waals surface area contributed by atoms with E-state index in [4.69, 9.17) is 10.2 Å². The molecule has 3 N–H and O–H groups in total. The number of nitrogens with one attached hydrogen (secondary N) is 1. The molecule has 8 heteroatoms. The van der Waals surface area contributed by atoms with Gasteiger partial charge >= 0.3 is 12.1 Å². The van der Waals surface area contributed by atoms with E-state index in [9.17, 15) is 18.0 Å². The molecule has 1 unspecified atom stereocenters. The van der Waals surface area contributed by atoms with Crippen molar-refractivity contribution in [2.75, 3.05) is 0 Å². The molecule has 0 spiro atoms. The number of carboxylic acid groups (broad SMARTS) is 1. The molecule has 15 heavy (non-hydrogen) atoms. The Morgan fingerprint density at radius 2 is 2.20 bits per heavy atom. The molecule has 0 aromatic carbocycles. The van der Waals surface area contributed by atoms with Crippen LogP contribution in [0.3, 0.4) is 0 Å². The van der Waals surface area contributed by atoms with E-state index in [-0.39, 0.29) is 5.69 Å².